The molecule has 0 unspecified atom stereocenters. The zero-order valence-corrected chi connectivity index (χ0v) is 10.2. The van der Waals surface area contributed by atoms with Gasteiger partial charge >= 0.3 is 0 Å². The predicted octanol–water partition coefficient (Wildman–Crippen LogP) is 0.598. The summed E-state index contributed by atoms with van der Waals surface area (Å²) in [6.07, 6.45) is 2.42. The summed E-state index contributed by atoms with van der Waals surface area (Å²) < 4.78 is 0. The minimum atomic E-state index is 0.0238. The van der Waals surface area contributed by atoms with E-state index < -0.39 is 0 Å². The summed E-state index contributed by atoms with van der Waals surface area (Å²) in [5.41, 5.74) is 0.923. The normalized spacial score (nSPS) is 20.1. The highest BCUT2D eigenvalue weighted by Crippen LogP contribution is 2.31. The molecule has 0 spiro atoms. The molecule has 1 aromatic rings. The van der Waals surface area contributed by atoms with Crippen molar-refractivity contribution in [3.63, 3.8) is 0 Å². The second-order valence-corrected chi connectivity index (χ2v) is 5.30. The van der Waals surface area contributed by atoms with Gasteiger partial charge in [-0.25, -0.2) is 4.98 Å². The lowest BCUT2D eigenvalue weighted by atomic mass is 10.0. The van der Waals surface area contributed by atoms with Crippen LogP contribution in [0.5, 0.6) is 0 Å². The number of anilines is 1. The molecule has 2 aliphatic rings. The zero-order chi connectivity index (χ0) is 11.8. The molecular weight excluding hydrogens is 238 g/mol. The highest BCUT2D eigenvalue weighted by atomic mass is 32.1. The summed E-state index contributed by atoms with van der Waals surface area (Å²) in [5, 5.41) is 3.60. The first kappa shape index (κ1) is 10.7. The SMILES string of the molecule is O=C1CN(c2nc3c(s2)C(=O)CCC3)CCN1. The Morgan fingerprint density at radius 1 is 1.29 bits per heavy atom. The Kier molecular flexibility index (Phi) is 2.58. The van der Waals surface area contributed by atoms with Gasteiger partial charge in [-0.2, -0.15) is 0 Å². The van der Waals surface area contributed by atoms with Crippen molar-refractivity contribution in [2.24, 2.45) is 0 Å². The van der Waals surface area contributed by atoms with Gasteiger partial charge in [0.2, 0.25) is 5.91 Å². The fourth-order valence-corrected chi connectivity index (χ4v) is 3.30. The van der Waals surface area contributed by atoms with E-state index in [1.165, 1.54) is 11.3 Å². The van der Waals surface area contributed by atoms with Crippen LogP contribution < -0.4 is 10.2 Å². The number of thiazole rings is 1. The van der Waals surface area contributed by atoms with Crippen molar-refractivity contribution in [3.05, 3.63) is 10.6 Å². The number of piperazine rings is 1. The fourth-order valence-electron chi connectivity index (χ4n) is 2.19. The number of carbonyl (C=O) groups excluding carboxylic acids is 2. The molecule has 1 aliphatic heterocycles. The third kappa shape index (κ3) is 1.93. The summed E-state index contributed by atoms with van der Waals surface area (Å²) in [5.74, 6) is 0.229. The third-order valence-electron chi connectivity index (χ3n) is 3.07. The van der Waals surface area contributed by atoms with Crippen LogP contribution in [0.15, 0.2) is 0 Å². The molecule has 3 rings (SSSR count). The van der Waals surface area contributed by atoms with Gasteiger partial charge in [0.15, 0.2) is 10.9 Å². The molecular formula is C11H13N3O2S. The molecule has 2 heterocycles. The van der Waals surface area contributed by atoms with E-state index >= 15 is 0 Å². The van der Waals surface area contributed by atoms with E-state index in [1.54, 1.807) is 0 Å². The molecule has 6 heteroatoms. The smallest absolute Gasteiger partial charge is 0.239 e. The maximum absolute atomic E-state index is 11.7. The van der Waals surface area contributed by atoms with Gasteiger partial charge in [0, 0.05) is 19.5 Å². The number of hydrogen-bond acceptors (Lipinski definition) is 5. The number of nitrogens with zero attached hydrogens (tertiary/aromatic N) is 2. The summed E-state index contributed by atoms with van der Waals surface area (Å²) in [7, 11) is 0. The predicted molar refractivity (Wildman–Crippen MR) is 64.6 cm³/mol. The second kappa shape index (κ2) is 4.10. The van der Waals surface area contributed by atoms with Crippen LogP contribution in [0.1, 0.15) is 28.2 Å². The molecule has 90 valence electrons. The van der Waals surface area contributed by atoms with Crippen molar-refractivity contribution in [1.82, 2.24) is 10.3 Å². The monoisotopic (exact) mass is 251 g/mol. The van der Waals surface area contributed by atoms with Crippen molar-refractivity contribution < 1.29 is 9.59 Å². The first-order chi connectivity index (χ1) is 8.24. The molecule has 1 aromatic heterocycles. The number of aromatic nitrogens is 1. The number of amides is 1. The Labute approximate surface area is 103 Å². The summed E-state index contributed by atoms with van der Waals surface area (Å²) in [4.78, 5) is 30.3. The number of carbonyl (C=O) groups is 2. The highest BCUT2D eigenvalue weighted by Gasteiger charge is 2.26. The van der Waals surface area contributed by atoms with Crippen molar-refractivity contribution in [2.75, 3.05) is 24.5 Å². The van der Waals surface area contributed by atoms with Gasteiger partial charge in [-0.05, 0) is 12.8 Å². The van der Waals surface area contributed by atoms with E-state index in [4.69, 9.17) is 0 Å². The van der Waals surface area contributed by atoms with Crippen LogP contribution in [0.2, 0.25) is 0 Å². The second-order valence-electron chi connectivity index (χ2n) is 4.32. The van der Waals surface area contributed by atoms with Crippen LogP contribution in [-0.4, -0.2) is 36.3 Å². The number of Topliss-reactive ketones (excluding diaryl/α,β-unsaturated/α-hetero) is 1. The van der Waals surface area contributed by atoms with Gasteiger partial charge in [0.25, 0.3) is 0 Å². The first-order valence-electron chi connectivity index (χ1n) is 5.78. The molecule has 0 saturated carbocycles. The van der Waals surface area contributed by atoms with Gasteiger partial charge in [-0.1, -0.05) is 11.3 Å². The highest BCUT2D eigenvalue weighted by molar-refractivity contribution is 7.17. The van der Waals surface area contributed by atoms with Crippen molar-refractivity contribution >= 4 is 28.2 Å². The molecule has 0 bridgehead atoms. The molecule has 0 radical (unpaired) electrons. The molecule has 0 aromatic carbocycles. The van der Waals surface area contributed by atoms with E-state index in [0.717, 1.165) is 35.1 Å². The topological polar surface area (TPSA) is 62.3 Å². The van der Waals surface area contributed by atoms with Gasteiger partial charge in [0.05, 0.1) is 17.1 Å². The lowest BCUT2D eigenvalue weighted by Crippen LogP contribution is -2.47. The number of nitrogens with one attached hydrogen (secondary N) is 1. The maximum Gasteiger partial charge on any atom is 0.239 e. The van der Waals surface area contributed by atoms with Crippen molar-refractivity contribution in [2.45, 2.75) is 19.3 Å². The van der Waals surface area contributed by atoms with Crippen LogP contribution in [-0.2, 0) is 11.2 Å². The number of rotatable bonds is 1. The number of ketones is 1. The lowest BCUT2D eigenvalue weighted by Gasteiger charge is -2.25. The van der Waals surface area contributed by atoms with Gasteiger partial charge < -0.3 is 10.2 Å². The summed E-state index contributed by atoms with van der Waals surface area (Å²) >= 11 is 1.44. The van der Waals surface area contributed by atoms with Crippen LogP contribution in [0.25, 0.3) is 0 Å². The van der Waals surface area contributed by atoms with Crippen LogP contribution in [0.4, 0.5) is 5.13 Å². The molecule has 0 atom stereocenters. The van der Waals surface area contributed by atoms with Gasteiger partial charge in [0.1, 0.15) is 0 Å². The standard InChI is InChI=1S/C11H13N3O2S/c15-8-3-1-2-7-10(8)17-11(13-7)14-5-4-12-9(16)6-14/h1-6H2,(H,12,16). The number of hydrogen-bond donors (Lipinski definition) is 1. The van der Waals surface area contributed by atoms with Gasteiger partial charge in [-0.15, -0.1) is 0 Å². The Hall–Kier alpha value is -1.43. The molecule has 1 N–H and O–H groups in total. The third-order valence-corrected chi connectivity index (χ3v) is 4.27. The Morgan fingerprint density at radius 3 is 2.94 bits per heavy atom. The minimum Gasteiger partial charge on any atom is -0.353 e. The lowest BCUT2D eigenvalue weighted by molar-refractivity contribution is -0.120. The van der Waals surface area contributed by atoms with Gasteiger partial charge in [-0.3, -0.25) is 9.59 Å². The average Bonchev–Trinajstić information content (AvgIpc) is 2.74. The molecule has 5 nitrogen and oxygen atoms in total. The van der Waals surface area contributed by atoms with Crippen LogP contribution >= 0.6 is 11.3 Å². The first-order valence-corrected chi connectivity index (χ1v) is 6.60. The average molecular weight is 251 g/mol. The van der Waals surface area contributed by atoms with E-state index in [9.17, 15) is 9.59 Å². The van der Waals surface area contributed by atoms with E-state index in [2.05, 4.69) is 10.3 Å². The quantitative estimate of drug-likeness (QED) is 0.794. The molecule has 17 heavy (non-hydrogen) atoms. The number of aryl methyl sites for hydroxylation is 1. The summed E-state index contributed by atoms with van der Waals surface area (Å²) in [6, 6.07) is 0. The van der Waals surface area contributed by atoms with E-state index in [-0.39, 0.29) is 11.7 Å². The van der Waals surface area contributed by atoms with Crippen LogP contribution in [0.3, 0.4) is 0 Å². The van der Waals surface area contributed by atoms with E-state index in [1.807, 2.05) is 4.90 Å². The Bertz CT molecular complexity index is 483. The van der Waals surface area contributed by atoms with E-state index in [0.29, 0.717) is 19.5 Å². The largest absolute Gasteiger partial charge is 0.353 e. The Morgan fingerprint density at radius 2 is 2.18 bits per heavy atom. The molecule has 1 fully saturated rings. The zero-order valence-electron chi connectivity index (χ0n) is 9.36. The minimum absolute atomic E-state index is 0.0238. The fraction of sp³-hybridized carbons (Fsp3) is 0.545. The van der Waals surface area contributed by atoms with Crippen LogP contribution in [0, 0.1) is 0 Å². The molecule has 1 amide bonds. The summed E-state index contributed by atoms with van der Waals surface area (Å²) in [6.45, 7) is 1.77. The Balaban J connectivity index is 1.88. The van der Waals surface area contributed by atoms with Crippen molar-refractivity contribution in [1.29, 1.82) is 0 Å². The van der Waals surface area contributed by atoms with Crippen molar-refractivity contribution in [3.8, 4) is 0 Å². The number of fused-ring (bicyclic) bond motifs is 1. The molecule has 1 saturated heterocycles. The molecule has 1 aliphatic carbocycles. The maximum atomic E-state index is 11.7.